The van der Waals surface area contributed by atoms with Crippen LogP contribution in [0.5, 0.6) is 0 Å². The zero-order valence-corrected chi connectivity index (χ0v) is 7.38. The number of rotatable bonds is 2. The van der Waals surface area contributed by atoms with Gasteiger partial charge in [0.2, 0.25) is 5.91 Å². The smallest absolute Gasteiger partial charge is 0.216 e. The van der Waals surface area contributed by atoms with Crippen LogP contribution in [0.15, 0.2) is 0 Å². The Morgan fingerprint density at radius 3 is 2.92 bits per heavy atom. The highest BCUT2D eigenvalue weighted by atomic mass is 16.5. The van der Waals surface area contributed by atoms with Crippen LogP contribution in [0.25, 0.3) is 0 Å². The van der Waals surface area contributed by atoms with Crippen molar-refractivity contribution in [1.29, 1.82) is 0 Å². The van der Waals surface area contributed by atoms with Gasteiger partial charge in [-0.25, -0.2) is 0 Å². The van der Waals surface area contributed by atoms with E-state index in [9.17, 15) is 4.79 Å². The molecule has 0 spiro atoms. The first-order chi connectivity index (χ1) is 5.75. The van der Waals surface area contributed by atoms with E-state index in [0.29, 0.717) is 18.1 Å². The Hall–Kier alpha value is -0.570. The number of carbonyl (C=O) groups excluding carboxylic acids is 1. The molecule has 3 unspecified atom stereocenters. The van der Waals surface area contributed by atoms with Gasteiger partial charge in [0.05, 0.1) is 12.2 Å². The maximum Gasteiger partial charge on any atom is 0.216 e. The highest BCUT2D eigenvalue weighted by Crippen LogP contribution is 2.38. The third kappa shape index (κ3) is 1.46. The Bertz CT molecular complexity index is 193. The van der Waals surface area contributed by atoms with Crippen molar-refractivity contribution in [2.75, 3.05) is 6.54 Å². The fourth-order valence-corrected chi connectivity index (χ4v) is 2.23. The molecular formula is C9H15NO2. The molecule has 0 aromatic heterocycles. The van der Waals surface area contributed by atoms with Gasteiger partial charge in [-0.1, -0.05) is 0 Å². The minimum Gasteiger partial charge on any atom is -0.375 e. The number of hydrogen-bond donors (Lipinski definition) is 1. The predicted molar refractivity (Wildman–Crippen MR) is 44.7 cm³/mol. The summed E-state index contributed by atoms with van der Waals surface area (Å²) >= 11 is 0. The van der Waals surface area contributed by atoms with Crippen molar-refractivity contribution in [1.82, 2.24) is 5.32 Å². The van der Waals surface area contributed by atoms with E-state index in [4.69, 9.17) is 4.74 Å². The third-order valence-corrected chi connectivity index (χ3v) is 2.85. The van der Waals surface area contributed by atoms with Crippen molar-refractivity contribution < 1.29 is 9.53 Å². The zero-order chi connectivity index (χ0) is 8.55. The monoisotopic (exact) mass is 169 g/mol. The van der Waals surface area contributed by atoms with Crippen molar-refractivity contribution in [3.8, 4) is 0 Å². The summed E-state index contributed by atoms with van der Waals surface area (Å²) in [5, 5.41) is 2.85. The summed E-state index contributed by atoms with van der Waals surface area (Å²) in [6, 6.07) is 0. The molecule has 0 aromatic carbocycles. The molecule has 0 radical (unpaired) electrons. The van der Waals surface area contributed by atoms with Gasteiger partial charge in [-0.05, 0) is 19.3 Å². The molecule has 2 aliphatic rings. The quantitative estimate of drug-likeness (QED) is 0.660. The topological polar surface area (TPSA) is 38.3 Å². The van der Waals surface area contributed by atoms with Crippen LogP contribution < -0.4 is 5.32 Å². The molecule has 1 amide bonds. The van der Waals surface area contributed by atoms with Crippen LogP contribution in [0.4, 0.5) is 0 Å². The number of carbonyl (C=O) groups is 1. The van der Waals surface area contributed by atoms with Gasteiger partial charge in [0.25, 0.3) is 0 Å². The van der Waals surface area contributed by atoms with E-state index >= 15 is 0 Å². The number of nitrogens with one attached hydrogen (secondary N) is 1. The molecule has 0 aromatic rings. The molecule has 1 N–H and O–H groups in total. The normalized spacial score (nSPS) is 38.6. The number of fused-ring (bicyclic) bond motifs is 2. The Kier molecular flexibility index (Phi) is 2.05. The molecule has 3 heteroatoms. The molecule has 2 aliphatic heterocycles. The second kappa shape index (κ2) is 3.05. The van der Waals surface area contributed by atoms with Gasteiger partial charge in [0.1, 0.15) is 0 Å². The van der Waals surface area contributed by atoms with E-state index in [-0.39, 0.29) is 5.91 Å². The number of amides is 1. The van der Waals surface area contributed by atoms with Gasteiger partial charge < -0.3 is 10.1 Å². The summed E-state index contributed by atoms with van der Waals surface area (Å²) in [7, 11) is 0. The SMILES string of the molecule is CC(=O)NCC1CC2CCC1O2. The van der Waals surface area contributed by atoms with Gasteiger partial charge in [-0.3, -0.25) is 4.79 Å². The van der Waals surface area contributed by atoms with Gasteiger partial charge >= 0.3 is 0 Å². The first kappa shape index (κ1) is 8.05. The summed E-state index contributed by atoms with van der Waals surface area (Å²) < 4.78 is 5.67. The number of ether oxygens (including phenoxy) is 1. The van der Waals surface area contributed by atoms with Crippen LogP contribution in [0.2, 0.25) is 0 Å². The summed E-state index contributed by atoms with van der Waals surface area (Å²) in [5.74, 6) is 0.644. The maximum absolute atomic E-state index is 10.7. The third-order valence-electron chi connectivity index (χ3n) is 2.85. The molecule has 2 heterocycles. The van der Waals surface area contributed by atoms with E-state index in [1.165, 1.54) is 12.8 Å². The molecule has 0 aliphatic carbocycles. The molecule has 3 nitrogen and oxygen atoms in total. The fourth-order valence-electron chi connectivity index (χ4n) is 2.23. The molecule has 2 saturated heterocycles. The Morgan fingerprint density at radius 1 is 1.58 bits per heavy atom. The molecule has 68 valence electrons. The lowest BCUT2D eigenvalue weighted by Gasteiger charge is -2.18. The summed E-state index contributed by atoms with van der Waals surface area (Å²) in [5.41, 5.74) is 0. The van der Waals surface area contributed by atoms with E-state index in [2.05, 4.69) is 5.32 Å². The van der Waals surface area contributed by atoms with E-state index in [1.54, 1.807) is 6.92 Å². The highest BCUT2D eigenvalue weighted by Gasteiger charge is 2.40. The predicted octanol–water partition coefficient (Wildman–Crippen LogP) is 0.690. The van der Waals surface area contributed by atoms with Crippen molar-refractivity contribution in [3.05, 3.63) is 0 Å². The molecular weight excluding hydrogens is 154 g/mol. The molecule has 0 saturated carbocycles. The second-order valence-corrected chi connectivity index (χ2v) is 3.81. The molecule has 12 heavy (non-hydrogen) atoms. The van der Waals surface area contributed by atoms with E-state index in [1.807, 2.05) is 0 Å². The van der Waals surface area contributed by atoms with Crippen molar-refractivity contribution in [2.24, 2.45) is 5.92 Å². The van der Waals surface area contributed by atoms with Crippen LogP contribution >= 0.6 is 0 Å². The molecule has 2 bridgehead atoms. The largest absolute Gasteiger partial charge is 0.375 e. The Morgan fingerprint density at radius 2 is 2.42 bits per heavy atom. The molecule has 2 rings (SSSR count). The highest BCUT2D eigenvalue weighted by molar-refractivity contribution is 5.72. The fraction of sp³-hybridized carbons (Fsp3) is 0.889. The first-order valence-electron chi connectivity index (χ1n) is 4.65. The van der Waals surface area contributed by atoms with Crippen molar-refractivity contribution in [3.63, 3.8) is 0 Å². The first-order valence-corrected chi connectivity index (χ1v) is 4.65. The molecule has 3 atom stereocenters. The van der Waals surface area contributed by atoms with Crippen molar-refractivity contribution in [2.45, 2.75) is 38.4 Å². The minimum atomic E-state index is 0.0674. The average Bonchev–Trinajstić information content (AvgIpc) is 2.60. The minimum absolute atomic E-state index is 0.0674. The standard InChI is InChI=1S/C9H15NO2/c1-6(11)10-5-7-4-8-2-3-9(7)12-8/h7-9H,2-5H2,1H3,(H,10,11). The summed E-state index contributed by atoms with van der Waals surface area (Å²) in [6.07, 6.45) is 4.48. The lowest BCUT2D eigenvalue weighted by molar-refractivity contribution is -0.119. The summed E-state index contributed by atoms with van der Waals surface area (Å²) in [6.45, 7) is 2.37. The van der Waals surface area contributed by atoms with Crippen LogP contribution in [0.1, 0.15) is 26.2 Å². The summed E-state index contributed by atoms with van der Waals surface area (Å²) in [4.78, 5) is 10.7. The Labute approximate surface area is 72.5 Å². The number of hydrogen-bond acceptors (Lipinski definition) is 2. The average molecular weight is 169 g/mol. The Balaban J connectivity index is 1.79. The maximum atomic E-state index is 10.7. The van der Waals surface area contributed by atoms with Crippen LogP contribution in [-0.4, -0.2) is 24.7 Å². The molecule has 2 fully saturated rings. The van der Waals surface area contributed by atoms with Gasteiger partial charge in [0.15, 0.2) is 0 Å². The van der Waals surface area contributed by atoms with E-state index in [0.717, 1.165) is 13.0 Å². The van der Waals surface area contributed by atoms with Crippen LogP contribution in [0, 0.1) is 5.92 Å². The van der Waals surface area contributed by atoms with Crippen LogP contribution in [0.3, 0.4) is 0 Å². The lowest BCUT2D eigenvalue weighted by Crippen LogP contribution is -2.32. The van der Waals surface area contributed by atoms with Crippen LogP contribution in [-0.2, 0) is 9.53 Å². The lowest BCUT2D eigenvalue weighted by atomic mass is 9.89. The van der Waals surface area contributed by atoms with Crippen molar-refractivity contribution >= 4 is 5.91 Å². The van der Waals surface area contributed by atoms with Gasteiger partial charge in [0, 0.05) is 19.4 Å². The van der Waals surface area contributed by atoms with E-state index < -0.39 is 0 Å². The van der Waals surface area contributed by atoms with Gasteiger partial charge in [-0.2, -0.15) is 0 Å². The van der Waals surface area contributed by atoms with Gasteiger partial charge in [-0.15, -0.1) is 0 Å². The zero-order valence-electron chi connectivity index (χ0n) is 7.38. The second-order valence-electron chi connectivity index (χ2n) is 3.81.